The van der Waals surface area contributed by atoms with Crippen LogP contribution in [-0.4, -0.2) is 76.9 Å². The van der Waals surface area contributed by atoms with Crippen LogP contribution >= 0.6 is 0 Å². The average Bonchev–Trinajstić information content (AvgIpc) is 2.77. The van der Waals surface area contributed by atoms with Gasteiger partial charge in [0.25, 0.3) is 5.91 Å². The summed E-state index contributed by atoms with van der Waals surface area (Å²) in [5.74, 6) is -0.190. The molecule has 168 valence electrons. The molecule has 2 heterocycles. The summed E-state index contributed by atoms with van der Waals surface area (Å²) in [6, 6.07) is 4.95. The third-order valence-corrected chi connectivity index (χ3v) is 7.88. The van der Waals surface area contributed by atoms with Crippen molar-refractivity contribution < 1.29 is 13.2 Å². The molecule has 7 nitrogen and oxygen atoms in total. The van der Waals surface area contributed by atoms with Crippen molar-refractivity contribution in [3.63, 3.8) is 0 Å². The van der Waals surface area contributed by atoms with Crippen molar-refractivity contribution in [1.29, 1.82) is 0 Å². The third kappa shape index (κ3) is 5.74. The number of nitrogens with zero attached hydrogens (tertiary/aromatic N) is 3. The number of nitrogens with one attached hydrogen (secondary N) is 1. The van der Waals surface area contributed by atoms with Crippen LogP contribution in [0.1, 0.15) is 55.3 Å². The fourth-order valence-corrected chi connectivity index (χ4v) is 5.19. The summed E-state index contributed by atoms with van der Waals surface area (Å²) >= 11 is 0. The molecule has 3 rings (SSSR count). The molecule has 0 atom stereocenters. The van der Waals surface area contributed by atoms with Crippen molar-refractivity contribution in [3.05, 3.63) is 23.8 Å². The second-order valence-corrected chi connectivity index (χ2v) is 10.7. The Balaban J connectivity index is 1.72. The molecule has 30 heavy (non-hydrogen) atoms. The van der Waals surface area contributed by atoms with Crippen LogP contribution in [-0.2, 0) is 10.0 Å². The zero-order valence-electron chi connectivity index (χ0n) is 18.4. The Morgan fingerprint density at radius 3 is 2.27 bits per heavy atom. The largest absolute Gasteiger partial charge is 0.371 e. The molecule has 2 fully saturated rings. The lowest BCUT2D eigenvalue weighted by Crippen LogP contribution is -2.35. The molecule has 1 aromatic carbocycles. The van der Waals surface area contributed by atoms with E-state index in [-0.39, 0.29) is 10.8 Å². The summed E-state index contributed by atoms with van der Waals surface area (Å²) in [5.41, 5.74) is 1.29. The van der Waals surface area contributed by atoms with Gasteiger partial charge in [-0.1, -0.05) is 6.42 Å². The van der Waals surface area contributed by atoms with E-state index in [4.69, 9.17) is 0 Å². The Kier molecular flexibility index (Phi) is 8.13. The Morgan fingerprint density at radius 1 is 1.00 bits per heavy atom. The van der Waals surface area contributed by atoms with E-state index in [1.807, 2.05) is 0 Å². The van der Waals surface area contributed by atoms with Crippen LogP contribution < -0.4 is 10.2 Å². The number of anilines is 1. The molecule has 0 bridgehead atoms. The zero-order chi connectivity index (χ0) is 21.6. The minimum absolute atomic E-state index is 0.159. The maximum atomic E-state index is 13.0. The first-order valence-corrected chi connectivity index (χ1v) is 12.7. The first-order valence-electron chi connectivity index (χ1n) is 11.2. The lowest BCUT2D eigenvalue weighted by molar-refractivity contribution is 0.0951. The number of sulfonamides is 1. The monoisotopic (exact) mass is 436 g/mol. The van der Waals surface area contributed by atoms with Gasteiger partial charge in [-0.25, -0.2) is 12.7 Å². The second-order valence-electron chi connectivity index (χ2n) is 8.53. The van der Waals surface area contributed by atoms with Crippen LogP contribution in [0.5, 0.6) is 0 Å². The van der Waals surface area contributed by atoms with E-state index in [2.05, 4.69) is 15.1 Å². The van der Waals surface area contributed by atoms with Gasteiger partial charge in [-0.15, -0.1) is 0 Å². The van der Waals surface area contributed by atoms with Crippen LogP contribution in [0.25, 0.3) is 0 Å². The molecule has 2 saturated heterocycles. The smallest absolute Gasteiger partial charge is 0.253 e. The second kappa shape index (κ2) is 10.6. The Labute approximate surface area is 181 Å². The quantitative estimate of drug-likeness (QED) is 0.634. The predicted octanol–water partition coefficient (Wildman–Crippen LogP) is 2.53. The number of likely N-dealkylation sites (tertiary alicyclic amines) is 1. The minimum Gasteiger partial charge on any atom is -0.371 e. The molecule has 1 aromatic rings. The molecule has 0 unspecified atom stereocenters. The van der Waals surface area contributed by atoms with E-state index in [0.717, 1.165) is 57.7 Å². The molecular weight excluding hydrogens is 400 g/mol. The van der Waals surface area contributed by atoms with Crippen molar-refractivity contribution in [1.82, 2.24) is 14.5 Å². The van der Waals surface area contributed by atoms with Gasteiger partial charge in [0.05, 0.1) is 10.5 Å². The highest BCUT2D eigenvalue weighted by atomic mass is 32.2. The summed E-state index contributed by atoms with van der Waals surface area (Å²) in [6.45, 7) is 5.69. The van der Waals surface area contributed by atoms with Crippen molar-refractivity contribution in [2.45, 2.75) is 49.8 Å². The van der Waals surface area contributed by atoms with Crippen LogP contribution in [0.2, 0.25) is 0 Å². The first-order chi connectivity index (χ1) is 14.4. The van der Waals surface area contributed by atoms with Gasteiger partial charge in [0.15, 0.2) is 0 Å². The molecule has 0 radical (unpaired) electrons. The van der Waals surface area contributed by atoms with Crippen molar-refractivity contribution in [2.24, 2.45) is 0 Å². The molecule has 0 aromatic heterocycles. The van der Waals surface area contributed by atoms with E-state index in [1.54, 1.807) is 18.2 Å². The minimum atomic E-state index is -3.59. The lowest BCUT2D eigenvalue weighted by atomic mass is 10.1. The predicted molar refractivity (Wildman–Crippen MR) is 121 cm³/mol. The number of rotatable bonds is 8. The van der Waals surface area contributed by atoms with E-state index in [1.165, 1.54) is 44.1 Å². The topological polar surface area (TPSA) is 73.0 Å². The molecule has 0 aliphatic carbocycles. The summed E-state index contributed by atoms with van der Waals surface area (Å²) < 4.78 is 26.4. The number of amides is 1. The number of carbonyl (C=O) groups excluding carboxylic acids is 1. The summed E-state index contributed by atoms with van der Waals surface area (Å²) in [6.07, 6.45) is 8.13. The van der Waals surface area contributed by atoms with Crippen LogP contribution in [0.3, 0.4) is 0 Å². The first kappa shape index (κ1) is 23.0. The lowest BCUT2D eigenvalue weighted by Gasteiger charge is -2.30. The zero-order valence-corrected chi connectivity index (χ0v) is 19.2. The molecular formula is C22H36N4O3S. The van der Waals surface area contributed by atoms with Gasteiger partial charge in [0, 0.05) is 39.4 Å². The Bertz CT molecular complexity index is 814. The van der Waals surface area contributed by atoms with Crippen molar-refractivity contribution in [3.8, 4) is 0 Å². The SMILES string of the molecule is CN(C)S(=O)(=O)c1ccc(N2CCCCC2)c(C(=O)NCCCN2CCCCC2)c1. The maximum Gasteiger partial charge on any atom is 0.253 e. The summed E-state index contributed by atoms with van der Waals surface area (Å²) in [7, 11) is -0.576. The summed E-state index contributed by atoms with van der Waals surface area (Å²) in [5, 5.41) is 3.03. The molecule has 2 aliphatic rings. The van der Waals surface area contributed by atoms with E-state index in [0.29, 0.717) is 12.1 Å². The van der Waals surface area contributed by atoms with Crippen LogP contribution in [0.15, 0.2) is 23.1 Å². The van der Waals surface area contributed by atoms with E-state index in [9.17, 15) is 13.2 Å². The number of piperidine rings is 2. The third-order valence-electron chi connectivity index (χ3n) is 6.07. The van der Waals surface area contributed by atoms with Gasteiger partial charge in [0.1, 0.15) is 0 Å². The number of benzene rings is 1. The van der Waals surface area contributed by atoms with Crippen LogP contribution in [0, 0.1) is 0 Å². The highest BCUT2D eigenvalue weighted by molar-refractivity contribution is 7.89. The number of carbonyl (C=O) groups is 1. The van der Waals surface area contributed by atoms with Gasteiger partial charge in [0.2, 0.25) is 10.0 Å². The van der Waals surface area contributed by atoms with Gasteiger partial charge in [-0.05, 0) is 76.4 Å². The van der Waals surface area contributed by atoms with Crippen molar-refractivity contribution >= 4 is 21.6 Å². The fraction of sp³-hybridized carbons (Fsp3) is 0.682. The molecule has 0 saturated carbocycles. The van der Waals surface area contributed by atoms with E-state index < -0.39 is 10.0 Å². The molecule has 1 amide bonds. The molecule has 1 N–H and O–H groups in total. The normalized spacial score (nSPS) is 18.6. The number of hydrogen-bond acceptors (Lipinski definition) is 5. The average molecular weight is 437 g/mol. The van der Waals surface area contributed by atoms with Gasteiger partial charge >= 0.3 is 0 Å². The highest BCUT2D eigenvalue weighted by Gasteiger charge is 2.24. The molecule has 0 spiro atoms. The van der Waals surface area contributed by atoms with Gasteiger partial charge in [-0.3, -0.25) is 4.79 Å². The van der Waals surface area contributed by atoms with Crippen molar-refractivity contribution in [2.75, 3.05) is 58.3 Å². The number of hydrogen-bond donors (Lipinski definition) is 1. The standard InChI is InChI=1S/C22H36N4O3S/c1-24(2)30(28,29)19-10-11-21(26-16-7-4-8-17-26)20(18-19)22(27)23-12-9-15-25-13-5-3-6-14-25/h10-11,18H,3-9,12-17H2,1-2H3,(H,23,27). The van der Waals surface area contributed by atoms with E-state index >= 15 is 0 Å². The molecule has 2 aliphatic heterocycles. The Morgan fingerprint density at radius 2 is 1.63 bits per heavy atom. The molecule has 8 heteroatoms. The Hall–Kier alpha value is -1.64. The van der Waals surface area contributed by atoms with Gasteiger partial charge in [-0.2, -0.15) is 0 Å². The van der Waals surface area contributed by atoms with Crippen LogP contribution in [0.4, 0.5) is 5.69 Å². The fourth-order valence-electron chi connectivity index (χ4n) is 4.26. The summed E-state index contributed by atoms with van der Waals surface area (Å²) in [4.78, 5) is 17.9. The van der Waals surface area contributed by atoms with Gasteiger partial charge < -0.3 is 15.1 Å². The maximum absolute atomic E-state index is 13.0. The highest BCUT2D eigenvalue weighted by Crippen LogP contribution is 2.28.